The molecule has 2 fully saturated rings. The van der Waals surface area contributed by atoms with Crippen LogP contribution in [0.3, 0.4) is 0 Å². The first-order chi connectivity index (χ1) is 8.12. The van der Waals surface area contributed by atoms with Gasteiger partial charge in [0.15, 0.2) is 0 Å². The number of rotatable bonds is 2. The molecule has 3 aliphatic rings. The van der Waals surface area contributed by atoms with Crippen LogP contribution >= 0.6 is 0 Å². The van der Waals surface area contributed by atoms with Crippen LogP contribution in [0, 0.1) is 5.41 Å². The van der Waals surface area contributed by atoms with E-state index in [0.29, 0.717) is 5.41 Å². The summed E-state index contributed by atoms with van der Waals surface area (Å²) in [5.41, 5.74) is 5.79. The summed E-state index contributed by atoms with van der Waals surface area (Å²) in [6, 6.07) is 0. The summed E-state index contributed by atoms with van der Waals surface area (Å²) in [5, 5.41) is 0. The average Bonchev–Trinajstić information content (AvgIpc) is 2.97. The maximum absolute atomic E-state index is 2.60. The Bertz CT molecular complexity index is 361. The van der Waals surface area contributed by atoms with Crippen LogP contribution in [0.15, 0.2) is 22.8 Å². The van der Waals surface area contributed by atoms with E-state index in [4.69, 9.17) is 0 Å². The van der Waals surface area contributed by atoms with Gasteiger partial charge < -0.3 is 0 Å². The van der Waals surface area contributed by atoms with Crippen LogP contribution in [0.5, 0.6) is 0 Å². The molecule has 1 heteroatoms. The molecule has 0 unspecified atom stereocenters. The fourth-order valence-corrected chi connectivity index (χ4v) is 5.79. The predicted octanol–water partition coefficient (Wildman–Crippen LogP) is 4.24. The predicted molar refractivity (Wildman–Crippen MR) is 78.6 cm³/mol. The zero-order valence-electron chi connectivity index (χ0n) is 11.3. The molecule has 0 aromatic rings. The molecule has 2 aliphatic carbocycles. The Kier molecular flexibility index (Phi) is 3.15. The molecule has 0 nitrogen and oxygen atoms in total. The SMILES string of the molecule is CC1(C)CC(C[S+]2CCCC2)=CC(=C2CC2)C1. The molecule has 3 rings (SSSR count). The normalized spacial score (nSPS) is 28.5. The minimum Gasteiger partial charge on any atom is -0.0664 e. The van der Waals surface area contributed by atoms with E-state index in [1.165, 1.54) is 55.8 Å². The van der Waals surface area contributed by atoms with Crippen LogP contribution in [-0.4, -0.2) is 17.3 Å². The van der Waals surface area contributed by atoms with E-state index in [0.717, 1.165) is 10.9 Å². The van der Waals surface area contributed by atoms with E-state index in [1.54, 1.807) is 16.7 Å². The molecule has 0 aromatic heterocycles. The molecule has 0 N–H and O–H groups in total. The van der Waals surface area contributed by atoms with Gasteiger partial charge in [-0.15, -0.1) is 0 Å². The second-order valence-corrected chi connectivity index (χ2v) is 9.15. The van der Waals surface area contributed by atoms with Crippen LogP contribution in [0.1, 0.15) is 52.4 Å². The van der Waals surface area contributed by atoms with Crippen molar-refractivity contribution in [2.24, 2.45) is 5.41 Å². The largest absolute Gasteiger partial charge is 0.129 e. The van der Waals surface area contributed by atoms with Gasteiger partial charge in [-0.25, -0.2) is 0 Å². The molecule has 1 saturated carbocycles. The monoisotopic (exact) mass is 249 g/mol. The van der Waals surface area contributed by atoms with Gasteiger partial charge in [0, 0.05) is 0 Å². The van der Waals surface area contributed by atoms with Gasteiger partial charge in [-0.1, -0.05) is 25.5 Å². The van der Waals surface area contributed by atoms with Gasteiger partial charge >= 0.3 is 0 Å². The highest BCUT2D eigenvalue weighted by Gasteiger charge is 2.33. The Morgan fingerprint density at radius 1 is 1.12 bits per heavy atom. The van der Waals surface area contributed by atoms with Gasteiger partial charge in [0.2, 0.25) is 0 Å². The lowest BCUT2D eigenvalue weighted by Gasteiger charge is -2.31. The molecule has 0 atom stereocenters. The quantitative estimate of drug-likeness (QED) is 0.642. The van der Waals surface area contributed by atoms with E-state index in [1.807, 2.05) is 0 Å². The van der Waals surface area contributed by atoms with Gasteiger partial charge in [0.05, 0.1) is 0 Å². The number of allylic oxidation sites excluding steroid dienone is 3. The van der Waals surface area contributed by atoms with Gasteiger partial charge in [-0.2, -0.15) is 0 Å². The fourth-order valence-electron chi connectivity index (χ4n) is 3.37. The first kappa shape index (κ1) is 11.9. The van der Waals surface area contributed by atoms with E-state index in [2.05, 4.69) is 19.9 Å². The van der Waals surface area contributed by atoms with Crippen molar-refractivity contribution in [2.45, 2.75) is 52.4 Å². The molecule has 0 amide bonds. The Morgan fingerprint density at radius 2 is 1.82 bits per heavy atom. The maximum Gasteiger partial charge on any atom is 0.129 e. The smallest absolute Gasteiger partial charge is 0.0664 e. The van der Waals surface area contributed by atoms with Crippen molar-refractivity contribution in [1.82, 2.24) is 0 Å². The van der Waals surface area contributed by atoms with E-state index >= 15 is 0 Å². The maximum atomic E-state index is 2.60. The Hall–Kier alpha value is -0.170. The van der Waals surface area contributed by atoms with Crippen molar-refractivity contribution in [1.29, 1.82) is 0 Å². The van der Waals surface area contributed by atoms with Crippen LogP contribution in [0.25, 0.3) is 0 Å². The van der Waals surface area contributed by atoms with Crippen molar-refractivity contribution in [3.63, 3.8) is 0 Å². The van der Waals surface area contributed by atoms with Crippen LogP contribution < -0.4 is 0 Å². The third kappa shape index (κ3) is 2.99. The molecule has 0 radical (unpaired) electrons. The molecular formula is C16H25S+. The van der Waals surface area contributed by atoms with Crippen molar-refractivity contribution in [2.75, 3.05) is 17.3 Å². The van der Waals surface area contributed by atoms with E-state index in [-0.39, 0.29) is 0 Å². The van der Waals surface area contributed by atoms with Crippen LogP contribution in [0.4, 0.5) is 0 Å². The number of hydrogen-bond donors (Lipinski definition) is 0. The first-order valence-electron chi connectivity index (χ1n) is 7.17. The lowest BCUT2D eigenvalue weighted by atomic mass is 9.75. The summed E-state index contributed by atoms with van der Waals surface area (Å²) in [5.74, 6) is 4.47. The molecule has 0 aromatic carbocycles. The highest BCUT2D eigenvalue weighted by Crippen LogP contribution is 2.44. The number of hydrogen-bond acceptors (Lipinski definition) is 0. The van der Waals surface area contributed by atoms with Crippen molar-refractivity contribution >= 4 is 10.9 Å². The fraction of sp³-hybridized carbons (Fsp3) is 0.750. The van der Waals surface area contributed by atoms with E-state index in [9.17, 15) is 0 Å². The second kappa shape index (κ2) is 4.50. The highest BCUT2D eigenvalue weighted by molar-refractivity contribution is 7.97. The van der Waals surface area contributed by atoms with Crippen molar-refractivity contribution in [3.8, 4) is 0 Å². The van der Waals surface area contributed by atoms with Gasteiger partial charge in [-0.05, 0) is 66.0 Å². The second-order valence-electron chi connectivity index (χ2n) is 6.82. The van der Waals surface area contributed by atoms with Gasteiger partial charge in [0.1, 0.15) is 17.3 Å². The lowest BCUT2D eigenvalue weighted by molar-refractivity contribution is 0.351. The lowest BCUT2D eigenvalue weighted by Crippen LogP contribution is -2.22. The van der Waals surface area contributed by atoms with E-state index < -0.39 is 0 Å². The topological polar surface area (TPSA) is 0 Å². The Balaban J connectivity index is 1.75. The third-order valence-electron chi connectivity index (χ3n) is 4.21. The zero-order valence-corrected chi connectivity index (χ0v) is 12.2. The highest BCUT2D eigenvalue weighted by atomic mass is 32.2. The molecular weight excluding hydrogens is 224 g/mol. The molecule has 0 spiro atoms. The molecule has 1 aliphatic heterocycles. The Morgan fingerprint density at radius 3 is 2.47 bits per heavy atom. The van der Waals surface area contributed by atoms with Crippen LogP contribution in [-0.2, 0) is 10.9 Å². The minimum atomic E-state index is 0.526. The first-order valence-corrected chi connectivity index (χ1v) is 8.90. The molecule has 0 bridgehead atoms. The van der Waals surface area contributed by atoms with Crippen molar-refractivity contribution in [3.05, 3.63) is 22.8 Å². The molecule has 94 valence electrons. The molecule has 17 heavy (non-hydrogen) atoms. The summed E-state index contributed by atoms with van der Waals surface area (Å²) in [6.45, 7) is 4.92. The van der Waals surface area contributed by atoms with Gasteiger partial charge in [-0.3, -0.25) is 0 Å². The minimum absolute atomic E-state index is 0.526. The standard InChI is InChI=1S/C16H25S/c1-16(2)10-13(12-17-7-3-4-8-17)9-15(11-16)14-5-6-14/h9H,3-8,10-12H2,1-2H3/q+1. The summed E-state index contributed by atoms with van der Waals surface area (Å²) in [4.78, 5) is 0. The zero-order chi connectivity index (χ0) is 11.9. The van der Waals surface area contributed by atoms with Crippen LogP contribution in [0.2, 0.25) is 0 Å². The third-order valence-corrected chi connectivity index (χ3v) is 6.72. The molecule has 1 saturated heterocycles. The Labute approximate surface area is 109 Å². The van der Waals surface area contributed by atoms with Gasteiger partial charge in [0.25, 0.3) is 0 Å². The summed E-state index contributed by atoms with van der Waals surface area (Å²) in [7, 11) is 0.743. The molecule has 1 heterocycles. The summed E-state index contributed by atoms with van der Waals surface area (Å²) in [6.07, 6.45) is 11.1. The van der Waals surface area contributed by atoms with Crippen molar-refractivity contribution < 1.29 is 0 Å². The summed E-state index contributed by atoms with van der Waals surface area (Å²) < 4.78 is 0. The summed E-state index contributed by atoms with van der Waals surface area (Å²) >= 11 is 0. The average molecular weight is 249 g/mol.